The molecule has 266 valence electrons. The summed E-state index contributed by atoms with van der Waals surface area (Å²) in [6.07, 6.45) is 1.13. The maximum atomic E-state index is 14.3. The van der Waals surface area contributed by atoms with Crippen molar-refractivity contribution in [1.82, 2.24) is 24.8 Å². The minimum absolute atomic E-state index is 0.00176. The second-order valence-electron chi connectivity index (χ2n) is 13.8. The summed E-state index contributed by atoms with van der Waals surface area (Å²) >= 11 is 7.74. The minimum atomic E-state index is -3.84. The number of hydrogen-bond acceptors (Lipinski definition) is 10. The van der Waals surface area contributed by atoms with E-state index in [0.29, 0.717) is 36.0 Å². The quantitative estimate of drug-likeness (QED) is 0.294. The Morgan fingerprint density at radius 3 is 2.53 bits per heavy atom. The van der Waals surface area contributed by atoms with Gasteiger partial charge in [-0.15, -0.1) is 11.3 Å². The SMILES string of the molecule is CCc1csc(N[C@H](C(=O)N2CC(OC(=O)N3Cc4cccc(Cl)c4C3)C[C@H]2C(=O)N[C@]2(C(=O)NS(=O)(=O)C3CC3)C[C@H]2CC)C(C)C)n1. The number of carbonyl (C=O) groups is 4. The third kappa shape index (κ3) is 7.25. The molecule has 3 heterocycles. The fourth-order valence-electron chi connectivity index (χ4n) is 6.76. The number of aryl methyl sites for hydroxylation is 1. The third-order valence-corrected chi connectivity index (χ3v) is 13.0. The van der Waals surface area contributed by atoms with Gasteiger partial charge in [-0.1, -0.05) is 57.8 Å². The number of aromatic nitrogens is 1. The highest BCUT2D eigenvalue weighted by Crippen LogP contribution is 2.47. The monoisotopic (exact) mass is 734 g/mol. The van der Waals surface area contributed by atoms with Crippen molar-refractivity contribution in [2.75, 3.05) is 11.9 Å². The van der Waals surface area contributed by atoms with Crippen LogP contribution in [0.5, 0.6) is 0 Å². The highest BCUT2D eigenvalue weighted by Gasteiger charge is 2.62. The zero-order valence-electron chi connectivity index (χ0n) is 28.0. The Hall–Kier alpha value is -3.43. The highest BCUT2D eigenvalue weighted by atomic mass is 35.5. The molecule has 0 spiro atoms. The van der Waals surface area contributed by atoms with Crippen LogP contribution >= 0.6 is 22.9 Å². The molecule has 4 amide bonds. The molecule has 1 unspecified atom stereocenters. The molecule has 0 radical (unpaired) electrons. The van der Waals surface area contributed by atoms with Crippen LogP contribution in [0, 0.1) is 11.8 Å². The molecule has 2 aliphatic heterocycles. The summed E-state index contributed by atoms with van der Waals surface area (Å²) in [6, 6.07) is 3.67. The molecule has 13 nitrogen and oxygen atoms in total. The van der Waals surface area contributed by atoms with Gasteiger partial charge in [-0.05, 0) is 54.7 Å². The second kappa shape index (κ2) is 13.7. The average Bonchev–Trinajstić information content (AvgIpc) is 3.87. The number of nitrogens with zero attached hydrogens (tertiary/aromatic N) is 3. The number of benzene rings is 1. The van der Waals surface area contributed by atoms with Gasteiger partial charge in [-0.2, -0.15) is 0 Å². The van der Waals surface area contributed by atoms with Gasteiger partial charge < -0.3 is 20.3 Å². The number of thiazole rings is 1. The van der Waals surface area contributed by atoms with Gasteiger partial charge in [0.2, 0.25) is 21.8 Å². The second-order valence-corrected chi connectivity index (χ2v) is 17.0. The summed E-state index contributed by atoms with van der Waals surface area (Å²) in [5, 5.41) is 8.55. The Morgan fingerprint density at radius 2 is 1.92 bits per heavy atom. The molecule has 4 aliphatic rings. The van der Waals surface area contributed by atoms with Crippen LogP contribution in [0.4, 0.5) is 9.93 Å². The Bertz CT molecular complexity index is 1750. The van der Waals surface area contributed by atoms with E-state index in [9.17, 15) is 27.6 Å². The van der Waals surface area contributed by atoms with E-state index in [1.54, 1.807) is 6.07 Å². The van der Waals surface area contributed by atoms with E-state index in [-0.39, 0.29) is 43.7 Å². The minimum Gasteiger partial charge on any atom is -0.444 e. The first-order valence-electron chi connectivity index (χ1n) is 16.9. The lowest BCUT2D eigenvalue weighted by Crippen LogP contribution is -2.58. The van der Waals surface area contributed by atoms with Gasteiger partial charge in [0.05, 0.1) is 24.0 Å². The number of sulfonamides is 1. The topological polar surface area (TPSA) is 167 Å². The fourth-order valence-corrected chi connectivity index (χ4v) is 9.21. The molecule has 6 rings (SSSR count). The molecule has 5 atom stereocenters. The van der Waals surface area contributed by atoms with E-state index in [1.165, 1.54) is 21.1 Å². The molecule has 2 saturated carbocycles. The summed E-state index contributed by atoms with van der Waals surface area (Å²) in [4.78, 5) is 62.7. The molecule has 3 fully saturated rings. The van der Waals surface area contributed by atoms with E-state index >= 15 is 0 Å². The molecule has 16 heteroatoms. The van der Waals surface area contributed by atoms with Gasteiger partial charge in [0.25, 0.3) is 5.91 Å². The standard InChI is InChI=1S/C33H43ClN6O7S2/c1-5-20-13-33(20,30(43)38-49(45,46)23-10-11-23)37-28(41)26-12-22(47-32(44)39-14-19-8-7-9-25(34)24(19)16-39)15-40(26)29(42)27(18(3)4)36-31-35-21(6-2)17-48-31/h7-9,17-18,20,22-23,26-27H,5-6,10-16H2,1-4H3,(H,35,36)(H,37,41)(H,38,43)/t20-,22?,26+,27+,33-/m1/s1. The number of rotatable bonds is 12. The van der Waals surface area contributed by atoms with Crippen LogP contribution in [-0.2, 0) is 48.7 Å². The van der Waals surface area contributed by atoms with E-state index in [2.05, 4.69) is 20.3 Å². The molecule has 49 heavy (non-hydrogen) atoms. The zero-order chi connectivity index (χ0) is 35.2. The van der Waals surface area contributed by atoms with Gasteiger partial charge in [0.1, 0.15) is 23.7 Å². The Labute approximate surface area is 295 Å². The van der Waals surface area contributed by atoms with Crippen LogP contribution in [0.3, 0.4) is 0 Å². The predicted molar refractivity (Wildman–Crippen MR) is 184 cm³/mol. The third-order valence-electron chi connectivity index (χ3n) is 9.97. The molecule has 1 aromatic carbocycles. The van der Waals surface area contributed by atoms with Crippen LogP contribution in [0.2, 0.25) is 5.02 Å². The first-order valence-corrected chi connectivity index (χ1v) is 19.7. The summed E-state index contributed by atoms with van der Waals surface area (Å²) < 4.78 is 33.4. The number of amides is 4. The number of halogens is 1. The summed E-state index contributed by atoms with van der Waals surface area (Å²) in [6.45, 7) is 8.19. The number of carbonyl (C=O) groups excluding carboxylic acids is 4. The smallest absolute Gasteiger partial charge is 0.410 e. The molecule has 2 aromatic rings. The van der Waals surface area contributed by atoms with Crippen LogP contribution in [-0.4, -0.2) is 82.5 Å². The van der Waals surface area contributed by atoms with E-state index in [0.717, 1.165) is 23.2 Å². The molecule has 2 aliphatic carbocycles. The predicted octanol–water partition coefficient (Wildman–Crippen LogP) is 3.81. The maximum Gasteiger partial charge on any atom is 0.410 e. The van der Waals surface area contributed by atoms with Crippen molar-refractivity contribution < 1.29 is 32.3 Å². The van der Waals surface area contributed by atoms with Crippen molar-refractivity contribution in [3.63, 3.8) is 0 Å². The van der Waals surface area contributed by atoms with E-state index in [4.69, 9.17) is 16.3 Å². The Balaban J connectivity index is 1.22. The normalized spacial score (nSPS) is 25.1. The number of fused-ring (bicyclic) bond motifs is 1. The number of likely N-dealkylation sites (tertiary alicyclic amines) is 1. The van der Waals surface area contributed by atoms with E-state index < -0.39 is 56.9 Å². The van der Waals surface area contributed by atoms with Crippen molar-refractivity contribution in [2.24, 2.45) is 11.8 Å². The number of nitrogens with one attached hydrogen (secondary N) is 3. The van der Waals surface area contributed by atoms with Crippen molar-refractivity contribution in [2.45, 2.75) is 108 Å². The molecular formula is C33H43ClN6O7S2. The molecule has 1 saturated heterocycles. The van der Waals surface area contributed by atoms with Gasteiger partial charge in [-0.3, -0.25) is 24.0 Å². The van der Waals surface area contributed by atoms with Crippen LogP contribution < -0.4 is 15.4 Å². The first kappa shape index (κ1) is 35.4. The van der Waals surface area contributed by atoms with Crippen molar-refractivity contribution in [3.05, 3.63) is 45.4 Å². The molecular weight excluding hydrogens is 692 g/mol. The highest BCUT2D eigenvalue weighted by molar-refractivity contribution is 7.91. The fraction of sp³-hybridized carbons (Fsp3) is 0.606. The largest absolute Gasteiger partial charge is 0.444 e. The van der Waals surface area contributed by atoms with Crippen molar-refractivity contribution in [3.8, 4) is 0 Å². The van der Waals surface area contributed by atoms with Crippen LogP contribution in [0.15, 0.2) is 23.6 Å². The lowest BCUT2D eigenvalue weighted by atomic mass is 10.0. The van der Waals surface area contributed by atoms with Gasteiger partial charge >= 0.3 is 6.09 Å². The molecule has 3 N–H and O–H groups in total. The first-order chi connectivity index (χ1) is 23.3. The zero-order valence-corrected chi connectivity index (χ0v) is 30.4. The van der Waals surface area contributed by atoms with Gasteiger partial charge in [0.15, 0.2) is 5.13 Å². The van der Waals surface area contributed by atoms with E-state index in [1.807, 2.05) is 45.2 Å². The number of hydrogen-bond donors (Lipinski definition) is 3. The Kier molecular flexibility index (Phi) is 9.90. The van der Waals surface area contributed by atoms with Crippen LogP contribution in [0.25, 0.3) is 0 Å². The Morgan fingerprint density at radius 1 is 1.16 bits per heavy atom. The molecule has 1 aromatic heterocycles. The maximum absolute atomic E-state index is 14.3. The van der Waals surface area contributed by atoms with Crippen molar-refractivity contribution in [1.29, 1.82) is 0 Å². The lowest BCUT2D eigenvalue weighted by molar-refractivity contribution is -0.140. The molecule has 0 bridgehead atoms. The number of anilines is 1. The summed E-state index contributed by atoms with van der Waals surface area (Å²) in [5.74, 6) is -2.20. The summed E-state index contributed by atoms with van der Waals surface area (Å²) in [7, 11) is -3.84. The lowest BCUT2D eigenvalue weighted by Gasteiger charge is -2.31. The average molecular weight is 735 g/mol. The van der Waals surface area contributed by atoms with Crippen LogP contribution in [0.1, 0.15) is 76.6 Å². The van der Waals surface area contributed by atoms with Gasteiger partial charge in [0, 0.05) is 23.4 Å². The van der Waals surface area contributed by atoms with Gasteiger partial charge in [-0.25, -0.2) is 18.2 Å². The summed E-state index contributed by atoms with van der Waals surface area (Å²) in [5.41, 5.74) is 1.25. The number of ether oxygens (including phenoxy) is 1. The van der Waals surface area contributed by atoms with Crippen molar-refractivity contribution >= 4 is 61.9 Å².